The van der Waals surface area contributed by atoms with Crippen LogP contribution in [-0.2, 0) is 16.1 Å². The number of aromatic nitrogens is 1. The summed E-state index contributed by atoms with van der Waals surface area (Å²) in [6, 6.07) is 8.63. The van der Waals surface area contributed by atoms with E-state index in [1.807, 2.05) is 6.92 Å². The summed E-state index contributed by atoms with van der Waals surface area (Å²) in [4.78, 5) is 25.3. The second-order valence-corrected chi connectivity index (χ2v) is 6.47. The van der Waals surface area contributed by atoms with Crippen LogP contribution in [0.5, 0.6) is 11.5 Å². The minimum atomic E-state index is -0.702. The highest BCUT2D eigenvalue weighted by Gasteiger charge is 2.20. The van der Waals surface area contributed by atoms with Crippen LogP contribution in [-0.4, -0.2) is 28.9 Å². The largest absolute Gasteiger partial charge is 0.508 e. The van der Waals surface area contributed by atoms with E-state index in [4.69, 9.17) is 9.47 Å². The average Bonchev–Trinajstić information content (AvgIpc) is 2.70. The third-order valence-electron chi connectivity index (χ3n) is 4.38. The Hall–Kier alpha value is -3.35. The predicted molar refractivity (Wildman–Crippen MR) is 108 cm³/mol. The second-order valence-electron chi connectivity index (χ2n) is 6.47. The molecule has 0 aliphatic carbocycles. The van der Waals surface area contributed by atoms with Crippen molar-refractivity contribution in [3.8, 4) is 22.6 Å². The van der Waals surface area contributed by atoms with Gasteiger partial charge < -0.3 is 19.1 Å². The lowest BCUT2D eigenvalue weighted by Gasteiger charge is -2.17. The summed E-state index contributed by atoms with van der Waals surface area (Å²) in [5.41, 5.74) is 0.379. The Kier molecular flexibility index (Phi) is 6.16. The molecular formula is C22H22FNO5. The maximum atomic E-state index is 14.7. The number of aromatic hydroxyl groups is 1. The molecule has 1 aromatic heterocycles. The number of phenolic OH excluding ortho intramolecular Hbond substituents is 1. The number of hydrogen-bond acceptors (Lipinski definition) is 5. The lowest BCUT2D eigenvalue weighted by Crippen LogP contribution is -2.19. The van der Waals surface area contributed by atoms with Crippen LogP contribution in [0.1, 0.15) is 20.3 Å². The highest BCUT2D eigenvalue weighted by Crippen LogP contribution is 2.29. The summed E-state index contributed by atoms with van der Waals surface area (Å²) in [5.74, 6) is -0.850. The molecule has 0 saturated heterocycles. The zero-order chi connectivity index (χ0) is 21.0. The van der Waals surface area contributed by atoms with Gasteiger partial charge in [-0.2, -0.15) is 0 Å². The molecule has 0 unspecified atom stereocenters. The Balaban J connectivity index is 2.30. The Morgan fingerprint density at radius 3 is 2.52 bits per heavy atom. The Morgan fingerprint density at radius 1 is 1.14 bits per heavy atom. The summed E-state index contributed by atoms with van der Waals surface area (Å²) in [7, 11) is 0. The first kappa shape index (κ1) is 20.4. The van der Waals surface area contributed by atoms with E-state index in [1.54, 1.807) is 19.1 Å². The van der Waals surface area contributed by atoms with Crippen molar-refractivity contribution in [2.24, 2.45) is 0 Å². The number of carbonyl (C=O) groups excluding carboxylic acids is 1. The van der Waals surface area contributed by atoms with Gasteiger partial charge in [-0.25, -0.2) is 4.39 Å². The molecule has 0 aliphatic rings. The van der Waals surface area contributed by atoms with E-state index in [9.17, 15) is 19.1 Å². The van der Waals surface area contributed by atoms with E-state index < -0.39 is 17.2 Å². The van der Waals surface area contributed by atoms with E-state index in [2.05, 4.69) is 0 Å². The molecule has 1 N–H and O–H groups in total. The Morgan fingerprint density at radius 2 is 1.86 bits per heavy atom. The molecule has 0 radical (unpaired) electrons. The van der Waals surface area contributed by atoms with Crippen molar-refractivity contribution in [2.45, 2.75) is 26.8 Å². The van der Waals surface area contributed by atoms with Gasteiger partial charge in [0, 0.05) is 11.8 Å². The normalized spacial score (nSPS) is 10.9. The van der Waals surface area contributed by atoms with Crippen molar-refractivity contribution >= 4 is 16.9 Å². The van der Waals surface area contributed by atoms with E-state index in [1.165, 1.54) is 35.0 Å². The summed E-state index contributed by atoms with van der Waals surface area (Å²) in [5, 5.41) is 9.36. The lowest BCUT2D eigenvalue weighted by atomic mass is 10.0. The number of carbonyl (C=O) groups is 1. The van der Waals surface area contributed by atoms with Gasteiger partial charge in [-0.15, -0.1) is 0 Å². The fourth-order valence-corrected chi connectivity index (χ4v) is 3.11. The number of halogens is 1. The number of phenols is 1. The number of ether oxygens (including phenoxy) is 2. The van der Waals surface area contributed by atoms with Gasteiger partial charge in [-0.3, -0.25) is 9.59 Å². The predicted octanol–water partition coefficient (Wildman–Crippen LogP) is 3.87. The van der Waals surface area contributed by atoms with Crippen LogP contribution < -0.4 is 10.2 Å². The highest BCUT2D eigenvalue weighted by molar-refractivity contribution is 5.90. The average molecular weight is 399 g/mol. The van der Waals surface area contributed by atoms with Crippen LogP contribution in [0, 0.1) is 5.82 Å². The molecule has 3 aromatic rings. The zero-order valence-electron chi connectivity index (χ0n) is 16.3. The summed E-state index contributed by atoms with van der Waals surface area (Å²) in [6.07, 6.45) is 2.22. The minimum Gasteiger partial charge on any atom is -0.508 e. The second kappa shape index (κ2) is 8.77. The van der Waals surface area contributed by atoms with Crippen molar-refractivity contribution in [1.82, 2.24) is 4.57 Å². The van der Waals surface area contributed by atoms with Gasteiger partial charge in [0.05, 0.1) is 24.1 Å². The van der Waals surface area contributed by atoms with Gasteiger partial charge in [-0.05, 0) is 43.2 Å². The van der Waals surface area contributed by atoms with Gasteiger partial charge in [-0.1, -0.05) is 19.1 Å². The molecule has 7 heteroatoms. The van der Waals surface area contributed by atoms with E-state index in [-0.39, 0.29) is 35.4 Å². The standard InChI is InChI=1S/C22H22FNO5/c1-3-11-29-18-10-9-17(23)20-21(18)24(13-19(26)28-4-2)12-16(22(20)27)14-5-7-15(25)8-6-14/h5-10,12,25H,3-4,11,13H2,1-2H3. The van der Waals surface area contributed by atoms with Crippen molar-refractivity contribution < 1.29 is 23.8 Å². The number of fused-ring (bicyclic) bond motifs is 1. The SMILES string of the molecule is CCCOc1ccc(F)c2c(=O)c(-c3ccc(O)cc3)cn(CC(=O)OCC)c12. The molecule has 2 aromatic carbocycles. The van der Waals surface area contributed by atoms with Crippen LogP contribution >= 0.6 is 0 Å². The van der Waals surface area contributed by atoms with E-state index in [0.29, 0.717) is 17.9 Å². The highest BCUT2D eigenvalue weighted by atomic mass is 19.1. The molecule has 1 heterocycles. The fourth-order valence-electron chi connectivity index (χ4n) is 3.11. The van der Waals surface area contributed by atoms with E-state index in [0.717, 1.165) is 6.42 Å². The summed E-state index contributed by atoms with van der Waals surface area (Å²) < 4.78 is 27.0. The molecule has 0 fully saturated rings. The molecule has 0 aliphatic heterocycles. The smallest absolute Gasteiger partial charge is 0.325 e. The molecule has 0 saturated carbocycles. The number of pyridine rings is 1. The van der Waals surface area contributed by atoms with Crippen LogP contribution in [0.15, 0.2) is 47.4 Å². The van der Waals surface area contributed by atoms with Crippen LogP contribution in [0.4, 0.5) is 4.39 Å². The van der Waals surface area contributed by atoms with Crippen molar-refractivity contribution in [1.29, 1.82) is 0 Å². The first-order valence-electron chi connectivity index (χ1n) is 9.39. The first-order valence-corrected chi connectivity index (χ1v) is 9.39. The molecule has 0 spiro atoms. The molecular weight excluding hydrogens is 377 g/mol. The minimum absolute atomic E-state index is 0.0443. The number of hydrogen-bond donors (Lipinski definition) is 1. The van der Waals surface area contributed by atoms with Gasteiger partial charge in [0.1, 0.15) is 23.9 Å². The van der Waals surface area contributed by atoms with Crippen molar-refractivity contribution in [3.63, 3.8) is 0 Å². The third kappa shape index (κ3) is 4.23. The maximum absolute atomic E-state index is 14.7. The first-order chi connectivity index (χ1) is 14.0. The lowest BCUT2D eigenvalue weighted by molar-refractivity contribution is -0.143. The summed E-state index contributed by atoms with van der Waals surface area (Å²) in [6.45, 7) is 4.00. The molecule has 0 bridgehead atoms. The topological polar surface area (TPSA) is 77.8 Å². The number of benzene rings is 2. The molecule has 152 valence electrons. The molecule has 0 amide bonds. The van der Waals surface area contributed by atoms with Crippen molar-refractivity contribution in [2.75, 3.05) is 13.2 Å². The Labute approximate surface area is 167 Å². The fraction of sp³-hybridized carbons (Fsp3) is 0.273. The molecule has 29 heavy (non-hydrogen) atoms. The number of nitrogens with zero attached hydrogens (tertiary/aromatic N) is 1. The van der Waals surface area contributed by atoms with Gasteiger partial charge in [0.25, 0.3) is 0 Å². The molecule has 0 atom stereocenters. The van der Waals surface area contributed by atoms with Gasteiger partial charge in [0.2, 0.25) is 0 Å². The molecule has 3 rings (SSSR count). The quantitative estimate of drug-likeness (QED) is 0.611. The zero-order valence-corrected chi connectivity index (χ0v) is 16.3. The molecule has 6 nitrogen and oxygen atoms in total. The number of rotatable bonds is 7. The summed E-state index contributed by atoms with van der Waals surface area (Å²) >= 11 is 0. The number of esters is 1. The van der Waals surface area contributed by atoms with Gasteiger partial charge >= 0.3 is 5.97 Å². The van der Waals surface area contributed by atoms with Crippen molar-refractivity contribution in [3.05, 3.63) is 58.6 Å². The van der Waals surface area contributed by atoms with Crippen LogP contribution in [0.2, 0.25) is 0 Å². The van der Waals surface area contributed by atoms with Crippen LogP contribution in [0.25, 0.3) is 22.0 Å². The Bertz CT molecular complexity index is 1090. The van der Waals surface area contributed by atoms with Crippen LogP contribution in [0.3, 0.4) is 0 Å². The van der Waals surface area contributed by atoms with E-state index >= 15 is 0 Å². The van der Waals surface area contributed by atoms with Gasteiger partial charge in [0.15, 0.2) is 5.43 Å². The third-order valence-corrected chi connectivity index (χ3v) is 4.38. The monoisotopic (exact) mass is 399 g/mol. The maximum Gasteiger partial charge on any atom is 0.325 e.